The number of carbonyl (C=O) groups excluding carboxylic acids is 1. The monoisotopic (exact) mass is 442 g/mol. The second-order valence-electron chi connectivity index (χ2n) is 8.96. The number of carbonyl (C=O) groups is 1. The van der Waals surface area contributed by atoms with Crippen LogP contribution in [0.3, 0.4) is 0 Å². The molecule has 0 saturated carbocycles. The number of piperidine rings is 1. The Balaban J connectivity index is 1.36. The summed E-state index contributed by atoms with van der Waals surface area (Å²) in [5, 5.41) is 0. The first-order chi connectivity index (χ1) is 14.9. The van der Waals surface area contributed by atoms with Crippen molar-refractivity contribution in [3.8, 4) is 0 Å². The van der Waals surface area contributed by atoms with Gasteiger partial charge >= 0.3 is 0 Å². The summed E-state index contributed by atoms with van der Waals surface area (Å²) in [5.41, 5.74) is 2.28. The molecule has 0 N–H and O–H groups in total. The van der Waals surface area contributed by atoms with Gasteiger partial charge < -0.3 is 4.90 Å². The van der Waals surface area contributed by atoms with E-state index in [0.29, 0.717) is 30.1 Å². The highest BCUT2D eigenvalue weighted by Crippen LogP contribution is 2.43. The molecule has 5 rings (SSSR count). The lowest BCUT2D eigenvalue weighted by atomic mass is 9.85. The molecular formula is C24H27FN2O3S. The van der Waals surface area contributed by atoms with Crippen LogP contribution in [0.25, 0.3) is 0 Å². The summed E-state index contributed by atoms with van der Waals surface area (Å²) in [4.78, 5) is 15.5. The lowest BCUT2D eigenvalue weighted by Crippen LogP contribution is -2.46. The van der Waals surface area contributed by atoms with Crippen LogP contribution < -0.4 is 4.31 Å². The van der Waals surface area contributed by atoms with Crippen LogP contribution in [0.1, 0.15) is 60.4 Å². The van der Waals surface area contributed by atoms with Crippen molar-refractivity contribution in [2.24, 2.45) is 0 Å². The minimum Gasteiger partial charge on any atom is -0.333 e. The van der Waals surface area contributed by atoms with Crippen molar-refractivity contribution in [2.75, 3.05) is 16.6 Å². The van der Waals surface area contributed by atoms with Crippen molar-refractivity contribution < 1.29 is 17.6 Å². The van der Waals surface area contributed by atoms with E-state index < -0.39 is 10.0 Å². The Morgan fingerprint density at radius 3 is 2.35 bits per heavy atom. The van der Waals surface area contributed by atoms with E-state index in [1.54, 1.807) is 24.3 Å². The van der Waals surface area contributed by atoms with Gasteiger partial charge in [-0.1, -0.05) is 18.2 Å². The Labute approximate surface area is 182 Å². The van der Waals surface area contributed by atoms with Crippen LogP contribution in [0.15, 0.2) is 48.5 Å². The molecule has 7 heteroatoms. The summed E-state index contributed by atoms with van der Waals surface area (Å²) in [6.45, 7) is 0.467. The summed E-state index contributed by atoms with van der Waals surface area (Å²) in [6.07, 6.45) is 5.24. The fraction of sp³-hybridized carbons (Fsp3) is 0.458. The van der Waals surface area contributed by atoms with E-state index in [-0.39, 0.29) is 29.6 Å². The highest BCUT2D eigenvalue weighted by molar-refractivity contribution is 7.92. The maximum Gasteiger partial charge on any atom is 0.254 e. The van der Waals surface area contributed by atoms with Crippen LogP contribution >= 0.6 is 0 Å². The molecule has 0 aromatic heterocycles. The second kappa shape index (κ2) is 7.93. The second-order valence-corrected chi connectivity index (χ2v) is 11.0. The number of rotatable bonds is 3. The Hall–Kier alpha value is -2.41. The standard InChI is InChI=1S/C24H27FN2O3S/c25-20-8-6-17(7-9-20)19-15-22-10-11-23(16-19)27(22)24(28)18-4-3-5-21(14-18)26-12-1-2-13-31(26,29)30/h3-9,14,19,22-23H,1-2,10-13,15-16H2/t19-,22+,23-. The van der Waals surface area contributed by atoms with Gasteiger partial charge in [0.1, 0.15) is 5.82 Å². The summed E-state index contributed by atoms with van der Waals surface area (Å²) < 4.78 is 39.7. The molecule has 31 heavy (non-hydrogen) atoms. The highest BCUT2D eigenvalue weighted by atomic mass is 32.2. The van der Waals surface area contributed by atoms with Crippen LogP contribution in [0.2, 0.25) is 0 Å². The third-order valence-electron chi connectivity index (χ3n) is 7.04. The maximum absolute atomic E-state index is 13.5. The van der Waals surface area contributed by atoms with Gasteiger partial charge in [0.25, 0.3) is 5.91 Å². The van der Waals surface area contributed by atoms with Gasteiger partial charge in [0, 0.05) is 24.2 Å². The molecule has 3 aliphatic rings. The first kappa shape index (κ1) is 20.5. The first-order valence-electron chi connectivity index (χ1n) is 11.1. The number of fused-ring (bicyclic) bond motifs is 2. The number of anilines is 1. The molecular weight excluding hydrogens is 415 g/mol. The molecule has 0 unspecified atom stereocenters. The molecule has 3 heterocycles. The quantitative estimate of drug-likeness (QED) is 0.712. The van der Waals surface area contributed by atoms with Gasteiger partial charge in [-0.2, -0.15) is 0 Å². The van der Waals surface area contributed by atoms with E-state index >= 15 is 0 Å². The number of hydrogen-bond donors (Lipinski definition) is 0. The predicted molar refractivity (Wildman–Crippen MR) is 118 cm³/mol. The number of halogens is 1. The first-order valence-corrected chi connectivity index (χ1v) is 12.7. The number of amides is 1. The molecule has 2 bridgehead atoms. The molecule has 5 nitrogen and oxygen atoms in total. The smallest absolute Gasteiger partial charge is 0.254 e. The van der Waals surface area contributed by atoms with E-state index in [0.717, 1.165) is 37.7 Å². The average Bonchev–Trinajstić information content (AvgIpc) is 3.02. The largest absolute Gasteiger partial charge is 0.333 e. The zero-order valence-electron chi connectivity index (χ0n) is 17.4. The van der Waals surface area contributed by atoms with Crippen LogP contribution in [-0.4, -0.2) is 43.6 Å². The maximum atomic E-state index is 13.5. The van der Waals surface area contributed by atoms with Gasteiger partial charge in [0.2, 0.25) is 10.0 Å². The van der Waals surface area contributed by atoms with Gasteiger partial charge in [-0.3, -0.25) is 9.10 Å². The highest BCUT2D eigenvalue weighted by Gasteiger charge is 2.43. The summed E-state index contributed by atoms with van der Waals surface area (Å²) in [5.74, 6) is 0.259. The molecule has 3 saturated heterocycles. The van der Waals surface area contributed by atoms with Gasteiger partial charge in [-0.25, -0.2) is 12.8 Å². The normalized spacial score (nSPS) is 27.3. The van der Waals surface area contributed by atoms with Crippen molar-refractivity contribution in [3.63, 3.8) is 0 Å². The number of hydrogen-bond acceptors (Lipinski definition) is 3. The minimum atomic E-state index is -3.31. The van der Waals surface area contributed by atoms with Crippen LogP contribution in [0.5, 0.6) is 0 Å². The van der Waals surface area contributed by atoms with Crippen molar-refractivity contribution in [3.05, 3.63) is 65.5 Å². The fourth-order valence-corrected chi connectivity index (χ4v) is 7.17. The third-order valence-corrected chi connectivity index (χ3v) is 8.91. The Kier molecular flexibility index (Phi) is 5.24. The topological polar surface area (TPSA) is 57.7 Å². The zero-order chi connectivity index (χ0) is 21.6. The average molecular weight is 443 g/mol. The molecule has 2 aromatic rings. The molecule has 164 valence electrons. The van der Waals surface area contributed by atoms with Crippen LogP contribution in [0, 0.1) is 5.82 Å². The predicted octanol–water partition coefficient (Wildman–Crippen LogP) is 4.31. The summed E-state index contributed by atoms with van der Waals surface area (Å²) in [7, 11) is -3.31. The Morgan fingerprint density at radius 2 is 1.68 bits per heavy atom. The molecule has 3 fully saturated rings. The number of sulfonamides is 1. The van der Waals surface area contributed by atoms with Crippen molar-refractivity contribution >= 4 is 21.6 Å². The van der Waals surface area contributed by atoms with Crippen LogP contribution in [-0.2, 0) is 10.0 Å². The Morgan fingerprint density at radius 1 is 0.968 bits per heavy atom. The molecule has 0 aliphatic carbocycles. The van der Waals surface area contributed by atoms with E-state index in [1.807, 2.05) is 17.0 Å². The molecule has 3 atom stereocenters. The van der Waals surface area contributed by atoms with Crippen molar-refractivity contribution in [1.29, 1.82) is 0 Å². The van der Waals surface area contributed by atoms with E-state index in [2.05, 4.69) is 0 Å². The van der Waals surface area contributed by atoms with E-state index in [1.165, 1.54) is 16.4 Å². The minimum absolute atomic E-state index is 0.0127. The zero-order valence-corrected chi connectivity index (χ0v) is 18.2. The number of nitrogens with zero attached hydrogens (tertiary/aromatic N) is 2. The van der Waals surface area contributed by atoms with Gasteiger partial charge in [-0.15, -0.1) is 0 Å². The van der Waals surface area contributed by atoms with Crippen molar-refractivity contribution in [2.45, 2.75) is 56.5 Å². The summed E-state index contributed by atoms with van der Waals surface area (Å²) >= 11 is 0. The van der Waals surface area contributed by atoms with E-state index in [4.69, 9.17) is 0 Å². The van der Waals surface area contributed by atoms with Crippen LogP contribution in [0.4, 0.5) is 10.1 Å². The lowest BCUT2D eigenvalue weighted by Gasteiger charge is -2.39. The van der Waals surface area contributed by atoms with E-state index in [9.17, 15) is 17.6 Å². The molecule has 1 amide bonds. The lowest BCUT2D eigenvalue weighted by molar-refractivity contribution is 0.0571. The SMILES string of the molecule is O=C(c1cccc(N2CCCCS2(=O)=O)c1)N1[C@@H]2CC[C@H]1C[C@@H](c1ccc(F)cc1)C2. The fourth-order valence-electron chi connectivity index (χ4n) is 5.54. The Bertz CT molecular complexity index is 1070. The molecule has 3 aliphatic heterocycles. The molecule has 0 spiro atoms. The molecule has 0 radical (unpaired) electrons. The number of benzene rings is 2. The van der Waals surface area contributed by atoms with Crippen molar-refractivity contribution in [1.82, 2.24) is 4.90 Å². The summed E-state index contributed by atoms with van der Waals surface area (Å²) in [6, 6.07) is 14.1. The van der Waals surface area contributed by atoms with Gasteiger partial charge in [0.05, 0.1) is 11.4 Å². The molecule has 2 aromatic carbocycles. The van der Waals surface area contributed by atoms with Gasteiger partial charge in [-0.05, 0) is 80.3 Å². The third kappa shape index (κ3) is 3.84. The van der Waals surface area contributed by atoms with Gasteiger partial charge in [0.15, 0.2) is 0 Å².